The van der Waals surface area contributed by atoms with Gasteiger partial charge in [0.05, 0.1) is 10.5 Å². The predicted molar refractivity (Wildman–Crippen MR) is 122 cm³/mol. The number of amides is 1. The molecule has 0 spiro atoms. The predicted octanol–water partition coefficient (Wildman–Crippen LogP) is 4.56. The quantitative estimate of drug-likeness (QED) is 0.682. The summed E-state index contributed by atoms with van der Waals surface area (Å²) < 4.78 is 27.4. The highest BCUT2D eigenvalue weighted by Gasteiger charge is 2.29. The van der Waals surface area contributed by atoms with Gasteiger partial charge in [-0.15, -0.1) is 11.3 Å². The van der Waals surface area contributed by atoms with Crippen molar-refractivity contribution in [1.29, 1.82) is 5.26 Å². The second-order valence-electron chi connectivity index (χ2n) is 8.47. The van der Waals surface area contributed by atoms with Gasteiger partial charge < -0.3 is 5.32 Å². The highest BCUT2D eigenvalue weighted by atomic mass is 32.2. The number of nitrogens with one attached hydrogen (secondary N) is 1. The van der Waals surface area contributed by atoms with Crippen molar-refractivity contribution >= 4 is 32.3 Å². The van der Waals surface area contributed by atoms with Gasteiger partial charge in [-0.2, -0.15) is 9.57 Å². The van der Waals surface area contributed by atoms with Gasteiger partial charge in [-0.05, 0) is 74.3 Å². The minimum atomic E-state index is -3.55. The third-order valence-electron chi connectivity index (χ3n) is 6.13. The Balaban J connectivity index is 1.51. The molecule has 1 aliphatic carbocycles. The summed E-state index contributed by atoms with van der Waals surface area (Å²) in [5.74, 6) is 0.0206. The van der Waals surface area contributed by atoms with Crippen LogP contribution in [-0.2, 0) is 22.9 Å². The van der Waals surface area contributed by atoms with Crippen LogP contribution in [0.25, 0.3) is 0 Å². The Morgan fingerprint density at radius 2 is 1.90 bits per heavy atom. The van der Waals surface area contributed by atoms with Crippen LogP contribution < -0.4 is 5.32 Å². The lowest BCUT2D eigenvalue weighted by molar-refractivity contribution is 0.102. The Morgan fingerprint density at radius 3 is 2.61 bits per heavy atom. The first-order valence-corrected chi connectivity index (χ1v) is 13.1. The SMILES string of the molecule is C[C@H]1CCCN(S(=O)(=O)c2ccc(C(=O)Nc3sc4c(c3C#N)CCCCC4)cc2)C1. The van der Waals surface area contributed by atoms with E-state index < -0.39 is 10.0 Å². The maximum absolute atomic E-state index is 12.9. The van der Waals surface area contributed by atoms with E-state index in [4.69, 9.17) is 0 Å². The van der Waals surface area contributed by atoms with Crippen LogP contribution in [0.5, 0.6) is 0 Å². The molecule has 2 heterocycles. The van der Waals surface area contributed by atoms with Gasteiger partial charge in [0.25, 0.3) is 5.91 Å². The van der Waals surface area contributed by atoms with Crippen molar-refractivity contribution in [1.82, 2.24) is 4.31 Å². The van der Waals surface area contributed by atoms with Crippen LogP contribution in [0.3, 0.4) is 0 Å². The van der Waals surface area contributed by atoms with E-state index in [2.05, 4.69) is 18.3 Å². The van der Waals surface area contributed by atoms with E-state index in [0.29, 0.717) is 35.1 Å². The number of piperidine rings is 1. The number of carbonyl (C=O) groups is 1. The number of nitrogens with zero attached hydrogens (tertiary/aromatic N) is 2. The molecular formula is C23H27N3O3S2. The van der Waals surface area contributed by atoms with E-state index in [1.807, 2.05) is 0 Å². The van der Waals surface area contributed by atoms with E-state index in [0.717, 1.165) is 44.1 Å². The van der Waals surface area contributed by atoms with E-state index in [9.17, 15) is 18.5 Å². The Hall–Kier alpha value is -2.21. The van der Waals surface area contributed by atoms with Gasteiger partial charge in [0, 0.05) is 23.5 Å². The average Bonchev–Trinajstić information content (AvgIpc) is 2.92. The van der Waals surface area contributed by atoms with Crippen molar-refractivity contribution in [2.75, 3.05) is 18.4 Å². The van der Waals surface area contributed by atoms with Gasteiger partial charge >= 0.3 is 0 Å². The lowest BCUT2D eigenvalue weighted by Crippen LogP contribution is -2.39. The molecule has 0 unspecified atom stereocenters. The normalized spacial score (nSPS) is 19.8. The molecule has 0 saturated carbocycles. The van der Waals surface area contributed by atoms with Gasteiger partial charge in [0.1, 0.15) is 11.1 Å². The Kier molecular flexibility index (Phi) is 6.47. The molecule has 1 amide bonds. The molecule has 0 radical (unpaired) electrons. The third-order valence-corrected chi connectivity index (χ3v) is 9.22. The lowest BCUT2D eigenvalue weighted by Gasteiger charge is -2.30. The minimum absolute atomic E-state index is 0.207. The van der Waals surface area contributed by atoms with Crippen LogP contribution in [-0.4, -0.2) is 31.7 Å². The van der Waals surface area contributed by atoms with Gasteiger partial charge in [-0.1, -0.05) is 13.3 Å². The molecule has 31 heavy (non-hydrogen) atoms. The Labute approximate surface area is 187 Å². The van der Waals surface area contributed by atoms with Gasteiger partial charge in [0.15, 0.2) is 0 Å². The Bertz CT molecular complexity index is 1110. The van der Waals surface area contributed by atoms with E-state index in [1.165, 1.54) is 39.1 Å². The van der Waals surface area contributed by atoms with Crippen molar-refractivity contribution in [2.45, 2.75) is 56.8 Å². The summed E-state index contributed by atoms with van der Waals surface area (Å²) in [6, 6.07) is 8.35. The molecule has 0 bridgehead atoms. The fourth-order valence-corrected chi connectivity index (χ4v) is 7.25. The first-order chi connectivity index (χ1) is 14.9. The average molecular weight is 458 g/mol. The molecule has 1 atom stereocenters. The zero-order valence-electron chi connectivity index (χ0n) is 17.7. The number of sulfonamides is 1. The molecule has 1 saturated heterocycles. The van der Waals surface area contributed by atoms with Crippen LogP contribution >= 0.6 is 11.3 Å². The number of fused-ring (bicyclic) bond motifs is 1. The van der Waals surface area contributed by atoms with Crippen LogP contribution in [0.4, 0.5) is 5.00 Å². The first kappa shape index (κ1) is 22.0. The fraction of sp³-hybridized carbons (Fsp3) is 0.478. The van der Waals surface area contributed by atoms with Crippen LogP contribution in [0, 0.1) is 17.2 Å². The second kappa shape index (κ2) is 9.11. The van der Waals surface area contributed by atoms with Gasteiger partial charge in [-0.3, -0.25) is 4.79 Å². The molecule has 1 aromatic carbocycles. The molecule has 8 heteroatoms. The number of anilines is 1. The standard InChI is InChI=1S/C23H27N3O3S2/c1-16-6-5-13-26(15-16)31(28,29)18-11-9-17(10-12-18)22(27)25-23-20(14-24)19-7-3-2-4-8-21(19)30-23/h9-12,16H,2-8,13,15H2,1H3,(H,25,27)/t16-/m0/s1. The van der Waals surface area contributed by atoms with Gasteiger partial charge in [-0.25, -0.2) is 8.42 Å². The minimum Gasteiger partial charge on any atom is -0.312 e. The number of benzene rings is 1. The molecule has 6 nitrogen and oxygen atoms in total. The molecule has 4 rings (SSSR count). The van der Waals surface area contributed by atoms with Crippen molar-refractivity contribution in [3.05, 3.63) is 45.8 Å². The fourth-order valence-electron chi connectivity index (χ4n) is 4.42. The number of nitriles is 1. The summed E-state index contributed by atoms with van der Waals surface area (Å²) in [6.07, 6.45) is 7.09. The van der Waals surface area contributed by atoms with Crippen molar-refractivity contribution < 1.29 is 13.2 Å². The number of aryl methyl sites for hydroxylation is 1. The number of thiophene rings is 1. The summed E-state index contributed by atoms with van der Waals surface area (Å²) in [7, 11) is -3.55. The molecule has 2 aliphatic rings. The van der Waals surface area contributed by atoms with Crippen LogP contribution in [0.1, 0.15) is 65.4 Å². The molecule has 164 valence electrons. The topological polar surface area (TPSA) is 90.3 Å². The van der Waals surface area contributed by atoms with Gasteiger partial charge in [0.2, 0.25) is 10.0 Å². The summed E-state index contributed by atoms with van der Waals surface area (Å²) >= 11 is 1.49. The summed E-state index contributed by atoms with van der Waals surface area (Å²) in [5.41, 5.74) is 2.03. The molecule has 1 fully saturated rings. The molecule has 1 N–H and O–H groups in total. The Morgan fingerprint density at radius 1 is 1.16 bits per heavy atom. The van der Waals surface area contributed by atoms with Crippen LogP contribution in [0.15, 0.2) is 29.2 Å². The molecular weight excluding hydrogens is 430 g/mol. The molecule has 2 aromatic rings. The second-order valence-corrected chi connectivity index (χ2v) is 11.5. The summed E-state index contributed by atoms with van der Waals surface area (Å²) in [4.78, 5) is 14.2. The zero-order chi connectivity index (χ0) is 22.0. The van der Waals surface area contributed by atoms with Crippen molar-refractivity contribution in [2.24, 2.45) is 5.92 Å². The highest BCUT2D eigenvalue weighted by molar-refractivity contribution is 7.89. The highest BCUT2D eigenvalue weighted by Crippen LogP contribution is 2.37. The van der Waals surface area contributed by atoms with E-state index in [-0.39, 0.29) is 10.8 Å². The van der Waals surface area contributed by atoms with Crippen molar-refractivity contribution in [3.63, 3.8) is 0 Å². The lowest BCUT2D eigenvalue weighted by atomic mass is 10.0. The summed E-state index contributed by atoms with van der Waals surface area (Å²) in [5, 5.41) is 13.1. The number of hydrogen-bond donors (Lipinski definition) is 1. The van der Waals surface area contributed by atoms with E-state index >= 15 is 0 Å². The molecule has 1 aliphatic heterocycles. The maximum atomic E-state index is 12.9. The smallest absolute Gasteiger partial charge is 0.256 e. The van der Waals surface area contributed by atoms with Crippen molar-refractivity contribution in [3.8, 4) is 6.07 Å². The summed E-state index contributed by atoms with van der Waals surface area (Å²) in [6.45, 7) is 3.13. The van der Waals surface area contributed by atoms with Crippen LogP contribution in [0.2, 0.25) is 0 Å². The number of rotatable bonds is 4. The molecule has 1 aromatic heterocycles. The zero-order valence-corrected chi connectivity index (χ0v) is 19.3. The first-order valence-electron chi connectivity index (χ1n) is 10.9. The maximum Gasteiger partial charge on any atom is 0.256 e. The third kappa shape index (κ3) is 4.54. The largest absolute Gasteiger partial charge is 0.312 e. The number of hydrogen-bond acceptors (Lipinski definition) is 5. The monoisotopic (exact) mass is 457 g/mol. The number of carbonyl (C=O) groups excluding carboxylic acids is 1. The van der Waals surface area contributed by atoms with E-state index in [1.54, 1.807) is 12.1 Å².